The number of rotatable bonds is 2. The largest absolute Gasteiger partial charge is 0.496 e. The number of carbonyl (C=O) groups excluding carboxylic acids is 1. The fraction of sp³-hybridized carbons (Fsp3) is 0.533. The Morgan fingerprint density at radius 3 is 2.95 bits per heavy atom. The van der Waals surface area contributed by atoms with Gasteiger partial charge in [0.05, 0.1) is 11.6 Å². The third kappa shape index (κ3) is 2.23. The molecule has 1 aromatic rings. The predicted molar refractivity (Wildman–Crippen MR) is 81.1 cm³/mol. The van der Waals surface area contributed by atoms with E-state index in [2.05, 4.69) is 33.1 Å². The lowest BCUT2D eigenvalue weighted by Gasteiger charge is -2.28. The van der Waals surface area contributed by atoms with Gasteiger partial charge in [-0.25, -0.2) is 0 Å². The van der Waals surface area contributed by atoms with Crippen molar-refractivity contribution in [3.8, 4) is 5.75 Å². The Bertz CT molecular complexity index is 535. The first-order valence-electron chi connectivity index (χ1n) is 6.98. The van der Waals surface area contributed by atoms with Gasteiger partial charge in [-0.15, -0.1) is 0 Å². The van der Waals surface area contributed by atoms with Crippen molar-refractivity contribution in [3.05, 3.63) is 28.2 Å². The molecule has 5 heteroatoms. The Morgan fingerprint density at radius 1 is 1.45 bits per heavy atom. The van der Waals surface area contributed by atoms with Crippen LogP contribution in [0.4, 0.5) is 0 Å². The molecule has 0 aliphatic carbocycles. The van der Waals surface area contributed by atoms with E-state index in [0.29, 0.717) is 18.0 Å². The van der Waals surface area contributed by atoms with Crippen LogP contribution in [0, 0.1) is 5.92 Å². The molecule has 2 fully saturated rings. The van der Waals surface area contributed by atoms with Crippen LogP contribution in [-0.2, 0) is 0 Å². The molecule has 0 radical (unpaired) electrons. The second-order valence-electron chi connectivity index (χ2n) is 5.63. The van der Waals surface area contributed by atoms with E-state index < -0.39 is 0 Å². The molecular weight excluding hydrogens is 320 g/mol. The zero-order chi connectivity index (χ0) is 14.3. The van der Waals surface area contributed by atoms with Crippen molar-refractivity contribution in [2.24, 2.45) is 5.92 Å². The minimum Gasteiger partial charge on any atom is -0.496 e. The van der Waals surface area contributed by atoms with Crippen LogP contribution in [0.5, 0.6) is 5.75 Å². The highest BCUT2D eigenvalue weighted by atomic mass is 79.9. The molecular formula is C15H19BrN2O2. The van der Waals surface area contributed by atoms with E-state index in [-0.39, 0.29) is 5.91 Å². The number of ether oxygens (including phenoxy) is 1. The summed E-state index contributed by atoms with van der Waals surface area (Å²) in [5, 5.41) is 3.39. The summed E-state index contributed by atoms with van der Waals surface area (Å²) in [5.74, 6) is 1.48. The quantitative estimate of drug-likeness (QED) is 0.899. The second-order valence-corrected chi connectivity index (χ2v) is 6.49. The zero-order valence-electron chi connectivity index (χ0n) is 11.7. The van der Waals surface area contributed by atoms with Gasteiger partial charge in [0.1, 0.15) is 5.75 Å². The normalized spacial score (nSPS) is 28.6. The van der Waals surface area contributed by atoms with Crippen LogP contribution < -0.4 is 10.1 Å². The van der Waals surface area contributed by atoms with E-state index >= 15 is 0 Å². The summed E-state index contributed by atoms with van der Waals surface area (Å²) in [6.07, 6.45) is 1.10. The van der Waals surface area contributed by atoms with Crippen LogP contribution in [0.1, 0.15) is 23.7 Å². The Labute approximate surface area is 127 Å². The minimum absolute atomic E-state index is 0.122. The highest BCUT2D eigenvalue weighted by molar-refractivity contribution is 9.10. The van der Waals surface area contributed by atoms with Crippen molar-refractivity contribution in [3.63, 3.8) is 0 Å². The molecule has 2 heterocycles. The first-order valence-corrected chi connectivity index (χ1v) is 7.78. The number of methoxy groups -OCH3 is 1. The predicted octanol–water partition coefficient (Wildman–Crippen LogP) is 2.28. The molecule has 3 unspecified atom stereocenters. The van der Waals surface area contributed by atoms with Crippen LogP contribution in [0.25, 0.3) is 0 Å². The summed E-state index contributed by atoms with van der Waals surface area (Å²) in [6, 6.07) is 6.19. The topological polar surface area (TPSA) is 41.6 Å². The fourth-order valence-electron chi connectivity index (χ4n) is 3.46. The van der Waals surface area contributed by atoms with Crippen molar-refractivity contribution in [2.45, 2.75) is 25.4 Å². The Hall–Kier alpha value is -1.07. The van der Waals surface area contributed by atoms with E-state index in [1.54, 1.807) is 7.11 Å². The van der Waals surface area contributed by atoms with Crippen molar-refractivity contribution in [1.29, 1.82) is 0 Å². The average Bonchev–Trinajstić information content (AvgIpc) is 2.97. The molecule has 108 valence electrons. The summed E-state index contributed by atoms with van der Waals surface area (Å²) >= 11 is 3.45. The van der Waals surface area contributed by atoms with Crippen molar-refractivity contribution in [2.75, 3.05) is 20.2 Å². The van der Waals surface area contributed by atoms with Gasteiger partial charge in [-0.3, -0.25) is 4.79 Å². The van der Waals surface area contributed by atoms with Crippen molar-refractivity contribution in [1.82, 2.24) is 10.2 Å². The zero-order valence-corrected chi connectivity index (χ0v) is 13.3. The number of carbonyl (C=O) groups is 1. The lowest BCUT2D eigenvalue weighted by atomic mass is 10.0. The maximum atomic E-state index is 12.8. The molecule has 4 nitrogen and oxygen atoms in total. The number of amides is 1. The molecule has 2 aliphatic rings. The van der Waals surface area contributed by atoms with E-state index in [1.807, 2.05) is 18.2 Å². The summed E-state index contributed by atoms with van der Waals surface area (Å²) < 4.78 is 6.03. The molecule has 20 heavy (non-hydrogen) atoms. The SMILES string of the molecule is COc1ccc(C(=O)N2C(C)CC3CNCC32)cc1Br. The molecule has 1 N–H and O–H groups in total. The molecule has 0 aromatic heterocycles. The van der Waals surface area contributed by atoms with Crippen LogP contribution >= 0.6 is 15.9 Å². The third-order valence-electron chi connectivity index (χ3n) is 4.41. The highest BCUT2D eigenvalue weighted by Crippen LogP contribution is 2.34. The molecule has 0 saturated carbocycles. The lowest BCUT2D eigenvalue weighted by Crippen LogP contribution is -2.42. The summed E-state index contributed by atoms with van der Waals surface area (Å²) in [6.45, 7) is 4.10. The van der Waals surface area contributed by atoms with Crippen LogP contribution in [0.2, 0.25) is 0 Å². The van der Waals surface area contributed by atoms with Gasteiger partial charge >= 0.3 is 0 Å². The van der Waals surface area contributed by atoms with E-state index in [0.717, 1.165) is 35.3 Å². The number of fused-ring (bicyclic) bond motifs is 1. The van der Waals surface area contributed by atoms with Crippen LogP contribution in [-0.4, -0.2) is 43.1 Å². The standard InChI is InChI=1S/C15H19BrN2O2/c1-9-5-11-7-17-8-13(11)18(9)15(19)10-3-4-14(20-2)12(16)6-10/h3-4,6,9,11,13,17H,5,7-8H2,1-2H3. The molecule has 2 aliphatic heterocycles. The summed E-state index contributed by atoms with van der Waals surface area (Å²) in [7, 11) is 1.62. The first-order chi connectivity index (χ1) is 9.61. The molecule has 1 aromatic carbocycles. The van der Waals surface area contributed by atoms with Gasteiger partial charge in [0.25, 0.3) is 5.91 Å². The first kappa shape index (κ1) is 13.9. The maximum absolute atomic E-state index is 12.8. The Balaban J connectivity index is 1.86. The maximum Gasteiger partial charge on any atom is 0.254 e. The monoisotopic (exact) mass is 338 g/mol. The molecule has 0 spiro atoms. The molecule has 1 amide bonds. The van der Waals surface area contributed by atoms with Crippen molar-refractivity contribution < 1.29 is 9.53 Å². The number of nitrogens with zero attached hydrogens (tertiary/aromatic N) is 1. The number of halogens is 1. The smallest absolute Gasteiger partial charge is 0.254 e. The van der Waals surface area contributed by atoms with Gasteiger partial charge in [-0.05, 0) is 53.4 Å². The fourth-order valence-corrected chi connectivity index (χ4v) is 4.00. The number of benzene rings is 1. The Kier molecular flexibility index (Phi) is 3.73. The number of hydrogen-bond donors (Lipinski definition) is 1. The van der Waals surface area contributed by atoms with Gasteiger partial charge in [0, 0.05) is 30.7 Å². The van der Waals surface area contributed by atoms with Gasteiger partial charge in [-0.2, -0.15) is 0 Å². The number of likely N-dealkylation sites (tertiary alicyclic amines) is 1. The molecule has 3 atom stereocenters. The molecule has 2 saturated heterocycles. The third-order valence-corrected chi connectivity index (χ3v) is 5.03. The van der Waals surface area contributed by atoms with Crippen molar-refractivity contribution >= 4 is 21.8 Å². The molecule has 0 bridgehead atoms. The molecule has 3 rings (SSSR count). The van der Waals surface area contributed by atoms with E-state index in [1.165, 1.54) is 0 Å². The average molecular weight is 339 g/mol. The van der Waals surface area contributed by atoms with Gasteiger partial charge in [-0.1, -0.05) is 0 Å². The van der Waals surface area contributed by atoms with Gasteiger partial charge in [0.15, 0.2) is 0 Å². The lowest BCUT2D eigenvalue weighted by molar-refractivity contribution is 0.0682. The van der Waals surface area contributed by atoms with Crippen LogP contribution in [0.3, 0.4) is 0 Å². The Morgan fingerprint density at radius 2 is 2.25 bits per heavy atom. The van der Waals surface area contributed by atoms with Crippen LogP contribution in [0.15, 0.2) is 22.7 Å². The van der Waals surface area contributed by atoms with E-state index in [9.17, 15) is 4.79 Å². The number of nitrogens with one attached hydrogen (secondary N) is 1. The van der Waals surface area contributed by atoms with Gasteiger partial charge < -0.3 is 15.0 Å². The summed E-state index contributed by atoms with van der Waals surface area (Å²) in [5.41, 5.74) is 0.720. The van der Waals surface area contributed by atoms with Gasteiger partial charge in [0.2, 0.25) is 0 Å². The second kappa shape index (κ2) is 5.37. The summed E-state index contributed by atoms with van der Waals surface area (Å²) in [4.78, 5) is 14.8. The van der Waals surface area contributed by atoms with E-state index in [4.69, 9.17) is 4.74 Å². The number of hydrogen-bond acceptors (Lipinski definition) is 3. The minimum atomic E-state index is 0.122. The highest BCUT2D eigenvalue weighted by Gasteiger charge is 2.44.